The van der Waals surface area contributed by atoms with Crippen molar-refractivity contribution < 1.29 is 19.0 Å². The standard InChI is InChI=1S/C24H33NO4/c1-5-27-16-17-28-23-9-7-6-8-22(23)24(26)25-19(4)10-11-20-12-14-21(15-13-20)29-18(2)3/h6-9,12-15,18-19H,5,10-11,16-17H2,1-4H3,(H,25,26). The molecule has 158 valence electrons. The van der Waals surface area contributed by atoms with Crippen LogP contribution in [0.3, 0.4) is 0 Å². The first-order valence-electron chi connectivity index (χ1n) is 10.4. The molecule has 0 aliphatic carbocycles. The van der Waals surface area contributed by atoms with Gasteiger partial charge in [0.25, 0.3) is 5.91 Å². The summed E-state index contributed by atoms with van der Waals surface area (Å²) in [7, 11) is 0. The number of aryl methyl sites for hydroxylation is 1. The number of para-hydroxylation sites is 1. The van der Waals surface area contributed by atoms with Gasteiger partial charge in [-0.25, -0.2) is 0 Å². The van der Waals surface area contributed by atoms with Crippen LogP contribution in [0.4, 0.5) is 0 Å². The van der Waals surface area contributed by atoms with Crippen molar-refractivity contribution in [3.63, 3.8) is 0 Å². The van der Waals surface area contributed by atoms with Crippen molar-refractivity contribution >= 4 is 5.91 Å². The molecule has 1 N–H and O–H groups in total. The quantitative estimate of drug-likeness (QED) is 0.528. The molecule has 5 heteroatoms. The number of amides is 1. The number of benzene rings is 2. The molecule has 1 unspecified atom stereocenters. The van der Waals surface area contributed by atoms with E-state index in [4.69, 9.17) is 14.2 Å². The third-order valence-corrected chi connectivity index (χ3v) is 4.36. The van der Waals surface area contributed by atoms with Gasteiger partial charge in [-0.1, -0.05) is 24.3 Å². The third-order valence-electron chi connectivity index (χ3n) is 4.36. The van der Waals surface area contributed by atoms with E-state index in [-0.39, 0.29) is 18.1 Å². The van der Waals surface area contributed by atoms with Crippen LogP contribution in [-0.4, -0.2) is 37.9 Å². The summed E-state index contributed by atoms with van der Waals surface area (Å²) < 4.78 is 16.7. The molecule has 2 aromatic carbocycles. The van der Waals surface area contributed by atoms with Crippen molar-refractivity contribution in [2.24, 2.45) is 0 Å². The van der Waals surface area contributed by atoms with Gasteiger partial charge in [-0.15, -0.1) is 0 Å². The molecule has 2 rings (SSSR count). The lowest BCUT2D eigenvalue weighted by Gasteiger charge is -2.16. The molecule has 0 aliphatic rings. The number of hydrogen-bond acceptors (Lipinski definition) is 4. The minimum Gasteiger partial charge on any atom is -0.491 e. The average Bonchev–Trinajstić information content (AvgIpc) is 2.70. The van der Waals surface area contributed by atoms with Crippen LogP contribution in [0.5, 0.6) is 11.5 Å². The first-order chi connectivity index (χ1) is 14.0. The lowest BCUT2D eigenvalue weighted by molar-refractivity contribution is 0.0922. The number of carbonyl (C=O) groups is 1. The highest BCUT2D eigenvalue weighted by Crippen LogP contribution is 2.19. The van der Waals surface area contributed by atoms with Gasteiger partial charge in [-0.3, -0.25) is 4.79 Å². The van der Waals surface area contributed by atoms with E-state index in [0.717, 1.165) is 18.6 Å². The van der Waals surface area contributed by atoms with Crippen LogP contribution < -0.4 is 14.8 Å². The van der Waals surface area contributed by atoms with Gasteiger partial charge in [-0.05, 0) is 70.4 Å². The topological polar surface area (TPSA) is 56.8 Å². The molecule has 0 aromatic heterocycles. The van der Waals surface area contributed by atoms with Crippen molar-refractivity contribution in [2.75, 3.05) is 19.8 Å². The van der Waals surface area contributed by atoms with Crippen molar-refractivity contribution in [3.05, 3.63) is 59.7 Å². The van der Waals surface area contributed by atoms with Crippen LogP contribution in [0.1, 0.15) is 50.0 Å². The molecule has 1 amide bonds. The largest absolute Gasteiger partial charge is 0.491 e. The SMILES string of the molecule is CCOCCOc1ccccc1C(=O)NC(C)CCc1ccc(OC(C)C)cc1. The monoisotopic (exact) mass is 399 g/mol. The zero-order valence-corrected chi connectivity index (χ0v) is 17.9. The summed E-state index contributed by atoms with van der Waals surface area (Å²) in [5.74, 6) is 1.34. The van der Waals surface area contributed by atoms with Gasteiger partial charge < -0.3 is 19.5 Å². The summed E-state index contributed by atoms with van der Waals surface area (Å²) in [6.45, 7) is 9.56. The maximum atomic E-state index is 12.7. The summed E-state index contributed by atoms with van der Waals surface area (Å²) in [5, 5.41) is 3.07. The lowest BCUT2D eigenvalue weighted by Crippen LogP contribution is -2.33. The van der Waals surface area contributed by atoms with E-state index in [1.165, 1.54) is 5.56 Å². The zero-order chi connectivity index (χ0) is 21.1. The van der Waals surface area contributed by atoms with E-state index >= 15 is 0 Å². The molecule has 0 aliphatic heterocycles. The van der Waals surface area contributed by atoms with Crippen LogP contribution in [0.25, 0.3) is 0 Å². The van der Waals surface area contributed by atoms with Crippen molar-refractivity contribution in [3.8, 4) is 11.5 Å². The molecule has 0 heterocycles. The summed E-state index contributed by atoms with van der Waals surface area (Å²) in [6.07, 6.45) is 1.90. The fraction of sp³-hybridized carbons (Fsp3) is 0.458. The second-order valence-corrected chi connectivity index (χ2v) is 7.27. The summed E-state index contributed by atoms with van der Waals surface area (Å²) in [4.78, 5) is 12.7. The molecule has 2 aromatic rings. The van der Waals surface area contributed by atoms with Crippen molar-refractivity contribution in [1.82, 2.24) is 5.32 Å². The van der Waals surface area contributed by atoms with E-state index in [0.29, 0.717) is 31.1 Å². The second kappa shape index (κ2) is 12.1. The normalized spacial score (nSPS) is 11.9. The number of carbonyl (C=O) groups excluding carboxylic acids is 1. The van der Waals surface area contributed by atoms with Gasteiger partial charge in [0.05, 0.1) is 18.3 Å². The highest BCUT2D eigenvalue weighted by atomic mass is 16.5. The Morgan fingerprint density at radius 2 is 1.72 bits per heavy atom. The Hall–Kier alpha value is -2.53. The Morgan fingerprint density at radius 1 is 1.00 bits per heavy atom. The minimum atomic E-state index is -0.120. The van der Waals surface area contributed by atoms with Gasteiger partial charge in [0.1, 0.15) is 18.1 Å². The molecule has 0 saturated heterocycles. The molecular formula is C24H33NO4. The van der Waals surface area contributed by atoms with Crippen LogP contribution >= 0.6 is 0 Å². The second-order valence-electron chi connectivity index (χ2n) is 7.27. The number of rotatable bonds is 12. The van der Waals surface area contributed by atoms with Crippen LogP contribution in [0.2, 0.25) is 0 Å². The molecule has 0 radical (unpaired) electrons. The maximum Gasteiger partial charge on any atom is 0.255 e. The Labute approximate surface area is 174 Å². The van der Waals surface area contributed by atoms with Crippen LogP contribution in [-0.2, 0) is 11.2 Å². The Kier molecular flexibility index (Phi) is 9.51. The third kappa shape index (κ3) is 8.16. The van der Waals surface area contributed by atoms with Gasteiger partial charge >= 0.3 is 0 Å². The highest BCUT2D eigenvalue weighted by Gasteiger charge is 2.14. The molecule has 29 heavy (non-hydrogen) atoms. The summed E-state index contributed by atoms with van der Waals surface area (Å²) >= 11 is 0. The fourth-order valence-corrected chi connectivity index (χ4v) is 2.90. The average molecular weight is 400 g/mol. The van der Waals surface area contributed by atoms with Gasteiger partial charge in [0.15, 0.2) is 0 Å². The van der Waals surface area contributed by atoms with Gasteiger partial charge in [-0.2, -0.15) is 0 Å². The lowest BCUT2D eigenvalue weighted by atomic mass is 10.1. The van der Waals surface area contributed by atoms with Gasteiger partial charge in [0.2, 0.25) is 0 Å². The maximum absolute atomic E-state index is 12.7. The van der Waals surface area contributed by atoms with E-state index < -0.39 is 0 Å². The molecule has 0 spiro atoms. The summed E-state index contributed by atoms with van der Waals surface area (Å²) in [5.41, 5.74) is 1.77. The molecule has 0 bridgehead atoms. The predicted molar refractivity (Wildman–Crippen MR) is 116 cm³/mol. The molecule has 1 atom stereocenters. The fourth-order valence-electron chi connectivity index (χ4n) is 2.90. The summed E-state index contributed by atoms with van der Waals surface area (Å²) in [6, 6.07) is 15.5. The van der Waals surface area contributed by atoms with Crippen LogP contribution in [0, 0.1) is 0 Å². The molecule has 0 saturated carbocycles. The highest BCUT2D eigenvalue weighted by molar-refractivity contribution is 5.97. The van der Waals surface area contributed by atoms with E-state index in [1.807, 2.05) is 58.0 Å². The van der Waals surface area contributed by atoms with Crippen molar-refractivity contribution in [1.29, 1.82) is 0 Å². The van der Waals surface area contributed by atoms with Crippen molar-refractivity contribution in [2.45, 2.75) is 52.7 Å². The number of ether oxygens (including phenoxy) is 3. The van der Waals surface area contributed by atoms with Crippen LogP contribution in [0.15, 0.2) is 48.5 Å². The smallest absolute Gasteiger partial charge is 0.255 e. The zero-order valence-electron chi connectivity index (χ0n) is 17.9. The number of nitrogens with one attached hydrogen (secondary N) is 1. The first kappa shape index (κ1) is 22.8. The molecular weight excluding hydrogens is 366 g/mol. The predicted octanol–water partition coefficient (Wildman–Crippen LogP) is 4.64. The minimum absolute atomic E-state index is 0.0468. The van der Waals surface area contributed by atoms with Gasteiger partial charge in [0, 0.05) is 12.6 Å². The Bertz CT molecular complexity index is 743. The molecule has 5 nitrogen and oxygen atoms in total. The number of hydrogen-bond donors (Lipinski definition) is 1. The van der Waals surface area contributed by atoms with E-state index in [1.54, 1.807) is 6.07 Å². The molecule has 0 fully saturated rings. The first-order valence-corrected chi connectivity index (χ1v) is 10.4. The van der Waals surface area contributed by atoms with E-state index in [9.17, 15) is 4.79 Å². The van der Waals surface area contributed by atoms with E-state index in [2.05, 4.69) is 17.4 Å². The Morgan fingerprint density at radius 3 is 2.41 bits per heavy atom. The Balaban J connectivity index is 1.84.